The molecule has 0 spiro atoms. The summed E-state index contributed by atoms with van der Waals surface area (Å²) in [6.07, 6.45) is 0.0973. The molecule has 1 aliphatic heterocycles. The topological polar surface area (TPSA) is 90.0 Å². The van der Waals surface area contributed by atoms with Gasteiger partial charge in [0, 0.05) is 23.9 Å². The molecule has 0 aliphatic carbocycles. The molecule has 2 aromatic rings. The van der Waals surface area contributed by atoms with Crippen LogP contribution in [-0.2, 0) is 17.7 Å². The summed E-state index contributed by atoms with van der Waals surface area (Å²) in [4.78, 5) is 31.6. The Bertz CT molecular complexity index is 852. The van der Waals surface area contributed by atoms with E-state index >= 15 is 0 Å². The van der Waals surface area contributed by atoms with Crippen LogP contribution < -0.4 is 14.8 Å². The van der Waals surface area contributed by atoms with E-state index in [4.69, 9.17) is 14.2 Å². The van der Waals surface area contributed by atoms with Crippen molar-refractivity contribution < 1.29 is 23.8 Å². The SMILES string of the molecule is CCOC(=O)Nc1nc2c(s1)CN(C(=O)c1ccc(OC)cc1OC)CC2. The van der Waals surface area contributed by atoms with Gasteiger partial charge in [0.25, 0.3) is 5.91 Å². The summed E-state index contributed by atoms with van der Waals surface area (Å²) in [6, 6.07) is 5.13. The lowest BCUT2D eigenvalue weighted by Gasteiger charge is -2.26. The van der Waals surface area contributed by atoms with Gasteiger partial charge in [-0.05, 0) is 19.1 Å². The van der Waals surface area contributed by atoms with Gasteiger partial charge in [-0.15, -0.1) is 0 Å². The lowest BCUT2D eigenvalue weighted by Crippen LogP contribution is -2.35. The highest BCUT2D eigenvalue weighted by Crippen LogP contribution is 2.31. The van der Waals surface area contributed by atoms with Gasteiger partial charge in [-0.1, -0.05) is 11.3 Å². The zero-order chi connectivity index (χ0) is 19.4. The Morgan fingerprint density at radius 3 is 2.81 bits per heavy atom. The monoisotopic (exact) mass is 391 g/mol. The Morgan fingerprint density at radius 1 is 1.30 bits per heavy atom. The highest BCUT2D eigenvalue weighted by molar-refractivity contribution is 7.15. The first-order valence-corrected chi connectivity index (χ1v) is 9.31. The van der Waals surface area contributed by atoms with Crippen molar-refractivity contribution in [2.24, 2.45) is 0 Å². The third kappa shape index (κ3) is 4.13. The highest BCUT2D eigenvalue weighted by atomic mass is 32.1. The van der Waals surface area contributed by atoms with Crippen molar-refractivity contribution in [3.05, 3.63) is 34.3 Å². The van der Waals surface area contributed by atoms with Crippen LogP contribution >= 0.6 is 11.3 Å². The molecule has 0 saturated carbocycles. The maximum Gasteiger partial charge on any atom is 0.413 e. The van der Waals surface area contributed by atoms with Gasteiger partial charge in [-0.2, -0.15) is 0 Å². The van der Waals surface area contributed by atoms with Crippen LogP contribution in [0, 0.1) is 0 Å². The molecule has 9 heteroatoms. The molecule has 3 rings (SSSR count). The van der Waals surface area contributed by atoms with Gasteiger partial charge in [0.2, 0.25) is 0 Å². The lowest BCUT2D eigenvalue weighted by molar-refractivity contribution is 0.0732. The fraction of sp³-hybridized carbons (Fsp3) is 0.389. The van der Waals surface area contributed by atoms with Gasteiger partial charge < -0.3 is 19.1 Å². The largest absolute Gasteiger partial charge is 0.497 e. The predicted molar refractivity (Wildman–Crippen MR) is 101 cm³/mol. The maximum atomic E-state index is 13.0. The molecule has 2 amide bonds. The molecule has 144 valence electrons. The molecule has 0 atom stereocenters. The number of nitrogens with one attached hydrogen (secondary N) is 1. The summed E-state index contributed by atoms with van der Waals surface area (Å²) >= 11 is 1.35. The van der Waals surface area contributed by atoms with Crippen LogP contribution in [0.1, 0.15) is 27.9 Å². The van der Waals surface area contributed by atoms with Gasteiger partial charge in [0.1, 0.15) is 11.5 Å². The molecule has 1 aromatic carbocycles. The second kappa shape index (κ2) is 8.26. The molecule has 27 heavy (non-hydrogen) atoms. The molecule has 0 radical (unpaired) electrons. The van der Waals surface area contributed by atoms with Crippen molar-refractivity contribution in [1.29, 1.82) is 0 Å². The summed E-state index contributed by atoms with van der Waals surface area (Å²) in [5.41, 5.74) is 1.38. The minimum atomic E-state index is -0.528. The number of fused-ring (bicyclic) bond motifs is 1. The Morgan fingerprint density at radius 2 is 2.11 bits per heavy atom. The minimum Gasteiger partial charge on any atom is -0.497 e. The average Bonchev–Trinajstić information content (AvgIpc) is 3.08. The molecule has 2 heterocycles. The van der Waals surface area contributed by atoms with E-state index < -0.39 is 6.09 Å². The van der Waals surface area contributed by atoms with E-state index in [-0.39, 0.29) is 5.91 Å². The van der Waals surface area contributed by atoms with Crippen LogP contribution in [0.2, 0.25) is 0 Å². The number of methoxy groups -OCH3 is 2. The minimum absolute atomic E-state index is 0.117. The van der Waals surface area contributed by atoms with E-state index in [0.29, 0.717) is 48.3 Å². The van der Waals surface area contributed by atoms with Crippen molar-refractivity contribution in [2.75, 3.05) is 32.7 Å². The molecular formula is C18H21N3O5S. The second-order valence-electron chi connectivity index (χ2n) is 5.78. The van der Waals surface area contributed by atoms with Crippen LogP contribution in [0.4, 0.5) is 9.93 Å². The number of benzene rings is 1. The number of nitrogens with zero attached hydrogens (tertiary/aromatic N) is 2. The zero-order valence-electron chi connectivity index (χ0n) is 15.4. The Labute approximate surface area is 161 Å². The van der Waals surface area contributed by atoms with E-state index in [0.717, 1.165) is 10.6 Å². The quantitative estimate of drug-likeness (QED) is 0.843. The third-order valence-corrected chi connectivity index (χ3v) is 5.14. The zero-order valence-corrected chi connectivity index (χ0v) is 16.2. The third-order valence-electron chi connectivity index (χ3n) is 4.14. The standard InChI is InChI=1S/C18H21N3O5S/c1-4-26-18(23)20-17-19-13-7-8-21(10-15(13)27-17)16(22)12-6-5-11(24-2)9-14(12)25-3/h5-6,9H,4,7-8,10H2,1-3H3,(H,19,20,23). The van der Waals surface area contributed by atoms with Crippen LogP contribution in [0.3, 0.4) is 0 Å². The number of rotatable bonds is 5. The molecule has 8 nitrogen and oxygen atoms in total. The van der Waals surface area contributed by atoms with Crippen LogP contribution in [0.5, 0.6) is 11.5 Å². The van der Waals surface area contributed by atoms with Gasteiger partial charge in [-0.3, -0.25) is 10.1 Å². The van der Waals surface area contributed by atoms with Gasteiger partial charge in [0.15, 0.2) is 5.13 Å². The number of hydrogen-bond donors (Lipinski definition) is 1. The van der Waals surface area contributed by atoms with Gasteiger partial charge in [-0.25, -0.2) is 9.78 Å². The number of hydrogen-bond acceptors (Lipinski definition) is 7. The predicted octanol–water partition coefficient (Wildman–Crippen LogP) is 2.93. The Hall–Kier alpha value is -2.81. The normalized spacial score (nSPS) is 12.9. The van der Waals surface area contributed by atoms with Crippen molar-refractivity contribution in [1.82, 2.24) is 9.88 Å². The first kappa shape index (κ1) is 19.0. The molecular weight excluding hydrogens is 370 g/mol. The maximum absolute atomic E-state index is 13.0. The van der Waals surface area contributed by atoms with Gasteiger partial charge >= 0.3 is 6.09 Å². The summed E-state index contributed by atoms with van der Waals surface area (Å²) in [6.45, 7) is 3.02. The number of amides is 2. The first-order chi connectivity index (χ1) is 13.0. The molecule has 0 saturated heterocycles. The fourth-order valence-electron chi connectivity index (χ4n) is 2.82. The van der Waals surface area contributed by atoms with E-state index in [1.807, 2.05) is 0 Å². The van der Waals surface area contributed by atoms with Crippen molar-refractivity contribution in [3.63, 3.8) is 0 Å². The number of anilines is 1. The summed E-state index contributed by atoms with van der Waals surface area (Å²) in [5, 5.41) is 3.10. The van der Waals surface area contributed by atoms with Crippen LogP contribution in [0.15, 0.2) is 18.2 Å². The number of ether oxygens (including phenoxy) is 3. The number of thiazole rings is 1. The lowest BCUT2D eigenvalue weighted by atomic mass is 10.1. The molecule has 1 aliphatic rings. The smallest absolute Gasteiger partial charge is 0.413 e. The van der Waals surface area contributed by atoms with E-state index in [1.54, 1.807) is 37.1 Å². The molecule has 1 N–H and O–H groups in total. The fourth-order valence-corrected chi connectivity index (χ4v) is 3.83. The molecule has 0 bridgehead atoms. The molecule has 0 unspecified atom stereocenters. The van der Waals surface area contributed by atoms with Gasteiger partial charge in [0.05, 0.1) is 38.6 Å². The van der Waals surface area contributed by atoms with Crippen molar-refractivity contribution >= 4 is 28.5 Å². The highest BCUT2D eigenvalue weighted by Gasteiger charge is 2.27. The molecule has 1 aromatic heterocycles. The average molecular weight is 391 g/mol. The van der Waals surface area contributed by atoms with Crippen LogP contribution in [-0.4, -0.2) is 49.3 Å². The van der Waals surface area contributed by atoms with Crippen molar-refractivity contribution in [3.8, 4) is 11.5 Å². The number of aromatic nitrogens is 1. The Kier molecular flexibility index (Phi) is 5.80. The van der Waals surface area contributed by atoms with E-state index in [2.05, 4.69) is 10.3 Å². The number of carbonyl (C=O) groups is 2. The second-order valence-corrected chi connectivity index (χ2v) is 6.86. The summed E-state index contributed by atoms with van der Waals surface area (Å²) < 4.78 is 15.4. The van der Waals surface area contributed by atoms with E-state index in [9.17, 15) is 9.59 Å². The van der Waals surface area contributed by atoms with E-state index in [1.165, 1.54) is 18.4 Å². The summed E-state index contributed by atoms with van der Waals surface area (Å²) in [7, 11) is 3.09. The van der Waals surface area contributed by atoms with Crippen LogP contribution in [0.25, 0.3) is 0 Å². The number of carbonyl (C=O) groups excluding carboxylic acids is 2. The van der Waals surface area contributed by atoms with Crippen molar-refractivity contribution in [2.45, 2.75) is 19.9 Å². The summed E-state index contributed by atoms with van der Waals surface area (Å²) in [5.74, 6) is 0.981. The Balaban J connectivity index is 1.75. The first-order valence-electron chi connectivity index (χ1n) is 8.49. The molecule has 0 fully saturated rings.